The van der Waals surface area contributed by atoms with Crippen molar-refractivity contribution >= 4 is 34.6 Å². The van der Waals surface area contributed by atoms with Crippen molar-refractivity contribution in [1.82, 2.24) is 20.9 Å². The number of nitrogens with two attached hydrogens (primary N) is 1. The van der Waals surface area contributed by atoms with Crippen molar-refractivity contribution in [2.75, 3.05) is 6.54 Å². The molecule has 1 saturated carbocycles. The second-order valence-corrected chi connectivity index (χ2v) is 11.8. The van der Waals surface area contributed by atoms with Gasteiger partial charge in [0.2, 0.25) is 17.1 Å². The van der Waals surface area contributed by atoms with Crippen molar-refractivity contribution in [2.45, 2.75) is 78.4 Å². The lowest BCUT2D eigenvalue weighted by Gasteiger charge is -2.38. The molecule has 1 saturated heterocycles. The molecule has 2 aliphatic rings. The Morgan fingerprint density at radius 1 is 1.11 bits per heavy atom. The zero-order chi connectivity index (χ0) is 28.0. The van der Waals surface area contributed by atoms with Crippen molar-refractivity contribution < 1.29 is 32.3 Å². The van der Waals surface area contributed by atoms with Crippen molar-refractivity contribution in [3.63, 3.8) is 0 Å². The molecule has 1 aliphatic heterocycles. The third-order valence-electron chi connectivity index (χ3n) is 7.18. The first-order valence-electron chi connectivity index (χ1n) is 11.6. The quantitative estimate of drug-likeness (QED) is 0.211. The number of carbonyl (C=O) groups is 4. The minimum atomic E-state index is -5.18. The number of hydrogen-bond donors (Lipinski definition) is 4. The number of hydrogen-bond acceptors (Lipinski definition) is 6. The van der Waals surface area contributed by atoms with Crippen LogP contribution in [0.2, 0.25) is 0 Å². The molecule has 13 heteroatoms. The standard InChI is InChI=1S/C23H35ClF3N5O4/c1-11(2)16(29-9-8-12(24)33)31-17(34)13-14-21(6,7)22(14,28)10-32(13)18(35)15(20(3,4)5)30-19(36)23(25,26)27/h8-9,11,13-16,29H,10,28H2,1-7H3,(H,30,36)(H,31,34)/b9-8+/t13-,14-,15+,16-,22+/m0/s1. The number of halogens is 4. The van der Waals surface area contributed by atoms with Crippen molar-refractivity contribution in [1.29, 1.82) is 0 Å². The molecule has 1 heterocycles. The zero-order valence-corrected chi connectivity index (χ0v) is 22.2. The van der Waals surface area contributed by atoms with Gasteiger partial charge in [-0.2, -0.15) is 13.2 Å². The highest BCUT2D eigenvalue weighted by atomic mass is 35.5. The molecule has 0 bridgehead atoms. The summed E-state index contributed by atoms with van der Waals surface area (Å²) >= 11 is 5.29. The van der Waals surface area contributed by atoms with Crippen molar-refractivity contribution in [3.05, 3.63) is 12.3 Å². The van der Waals surface area contributed by atoms with E-state index >= 15 is 0 Å². The highest BCUT2D eigenvalue weighted by molar-refractivity contribution is 6.66. The van der Waals surface area contributed by atoms with Crippen molar-refractivity contribution in [2.24, 2.45) is 28.4 Å². The van der Waals surface area contributed by atoms with E-state index in [1.165, 1.54) is 31.9 Å². The molecule has 0 spiro atoms. The van der Waals surface area contributed by atoms with Gasteiger partial charge in [-0.05, 0) is 28.3 Å². The smallest absolute Gasteiger partial charge is 0.371 e. The Kier molecular flexibility index (Phi) is 8.17. The highest BCUT2D eigenvalue weighted by Gasteiger charge is 2.78. The second kappa shape index (κ2) is 9.85. The first kappa shape index (κ1) is 29.9. The molecule has 36 heavy (non-hydrogen) atoms. The molecule has 3 amide bonds. The lowest BCUT2D eigenvalue weighted by atomic mass is 9.85. The monoisotopic (exact) mass is 537 g/mol. The number of piperidine rings is 1. The van der Waals surface area contributed by atoms with Gasteiger partial charge in [0.15, 0.2) is 0 Å². The van der Waals surface area contributed by atoms with Gasteiger partial charge in [-0.25, -0.2) is 0 Å². The van der Waals surface area contributed by atoms with Crippen LogP contribution < -0.4 is 21.7 Å². The van der Waals surface area contributed by atoms with Gasteiger partial charge >= 0.3 is 12.1 Å². The van der Waals surface area contributed by atoms with Crippen LogP contribution >= 0.6 is 11.6 Å². The van der Waals surface area contributed by atoms with Crippen LogP contribution in [0.15, 0.2) is 12.3 Å². The number of fused-ring (bicyclic) bond motifs is 1. The van der Waals surface area contributed by atoms with Crippen LogP contribution in [0.1, 0.15) is 48.5 Å². The van der Waals surface area contributed by atoms with E-state index in [-0.39, 0.29) is 12.5 Å². The molecular formula is C23H35ClF3N5O4. The number of rotatable bonds is 8. The van der Waals surface area contributed by atoms with E-state index in [0.717, 1.165) is 6.08 Å². The Balaban J connectivity index is 2.37. The van der Waals surface area contributed by atoms with E-state index in [2.05, 4.69) is 10.6 Å². The average molecular weight is 538 g/mol. The molecule has 5 N–H and O–H groups in total. The topological polar surface area (TPSA) is 134 Å². The molecular weight excluding hydrogens is 503 g/mol. The normalized spacial score (nSPS) is 26.9. The number of alkyl halides is 3. The summed E-state index contributed by atoms with van der Waals surface area (Å²) in [5.41, 5.74) is 4.02. The van der Waals surface area contributed by atoms with Crippen LogP contribution in [0.4, 0.5) is 13.2 Å². The van der Waals surface area contributed by atoms with Gasteiger partial charge in [-0.15, -0.1) is 0 Å². The molecule has 204 valence electrons. The summed E-state index contributed by atoms with van der Waals surface area (Å²) in [6, 6.07) is -2.63. The molecule has 0 aromatic carbocycles. The summed E-state index contributed by atoms with van der Waals surface area (Å²) in [5, 5.41) is 6.75. The third kappa shape index (κ3) is 5.80. The Bertz CT molecular complexity index is 947. The summed E-state index contributed by atoms with van der Waals surface area (Å²) in [5.74, 6) is -4.24. The van der Waals surface area contributed by atoms with Crippen LogP contribution in [0.3, 0.4) is 0 Å². The zero-order valence-electron chi connectivity index (χ0n) is 21.4. The molecule has 0 aromatic heterocycles. The predicted octanol–water partition coefficient (Wildman–Crippen LogP) is 1.61. The Labute approximate surface area is 213 Å². The maximum absolute atomic E-state index is 13.6. The Morgan fingerprint density at radius 2 is 1.67 bits per heavy atom. The first-order valence-corrected chi connectivity index (χ1v) is 11.9. The van der Waals surface area contributed by atoms with Gasteiger partial charge in [0.05, 0.1) is 0 Å². The van der Waals surface area contributed by atoms with E-state index in [4.69, 9.17) is 17.3 Å². The summed E-state index contributed by atoms with van der Waals surface area (Å²) in [6.07, 6.45) is -3.48. The SMILES string of the molecule is CC(C)[C@@H](N/C=C/C(=O)Cl)NC(=O)[C@@H]1[C@H]2C(C)(C)[C@@]2(N)CN1C(=O)[C@@H](NC(=O)C(F)(F)F)C(C)(C)C. The van der Waals surface area contributed by atoms with E-state index in [1.807, 2.05) is 27.7 Å². The van der Waals surface area contributed by atoms with E-state index in [0.29, 0.717) is 0 Å². The summed E-state index contributed by atoms with van der Waals surface area (Å²) in [7, 11) is 0. The summed E-state index contributed by atoms with van der Waals surface area (Å²) < 4.78 is 38.9. The van der Waals surface area contributed by atoms with Gasteiger partial charge < -0.3 is 26.6 Å². The third-order valence-corrected chi connectivity index (χ3v) is 7.31. The van der Waals surface area contributed by atoms with Crippen LogP contribution in [0, 0.1) is 22.7 Å². The van der Waals surface area contributed by atoms with Crippen LogP contribution in [-0.2, 0) is 19.2 Å². The van der Waals surface area contributed by atoms with Crippen LogP contribution in [0.25, 0.3) is 0 Å². The number of allylic oxidation sites excluding steroid dienone is 1. The van der Waals surface area contributed by atoms with Crippen LogP contribution in [-0.4, -0.2) is 64.4 Å². The maximum Gasteiger partial charge on any atom is 0.471 e. The van der Waals surface area contributed by atoms with Gasteiger partial charge in [0.1, 0.15) is 18.2 Å². The molecule has 0 unspecified atom stereocenters. The fourth-order valence-electron chi connectivity index (χ4n) is 4.86. The van der Waals surface area contributed by atoms with Gasteiger partial charge in [-0.3, -0.25) is 19.2 Å². The van der Waals surface area contributed by atoms with E-state index in [1.54, 1.807) is 5.32 Å². The fraction of sp³-hybridized carbons (Fsp3) is 0.739. The minimum absolute atomic E-state index is 0.0590. The van der Waals surface area contributed by atoms with Gasteiger partial charge in [0.25, 0.3) is 0 Å². The maximum atomic E-state index is 13.6. The summed E-state index contributed by atoms with van der Waals surface area (Å²) in [6.45, 7) is 11.8. The van der Waals surface area contributed by atoms with E-state index in [9.17, 15) is 32.3 Å². The summed E-state index contributed by atoms with van der Waals surface area (Å²) in [4.78, 5) is 50.9. The number of nitrogens with one attached hydrogen (secondary N) is 3. The number of carbonyl (C=O) groups excluding carboxylic acids is 4. The van der Waals surface area contributed by atoms with Crippen LogP contribution in [0.5, 0.6) is 0 Å². The molecule has 5 atom stereocenters. The Hall–Kier alpha value is -2.34. The second-order valence-electron chi connectivity index (χ2n) is 11.5. The number of amides is 3. The molecule has 9 nitrogen and oxygen atoms in total. The van der Waals surface area contributed by atoms with E-state index < -0.39 is 69.7 Å². The lowest BCUT2D eigenvalue weighted by Crippen LogP contribution is -2.62. The molecule has 0 radical (unpaired) electrons. The highest BCUT2D eigenvalue weighted by Crippen LogP contribution is 2.66. The number of likely N-dealkylation sites (tertiary alicyclic amines) is 1. The first-order chi connectivity index (χ1) is 16.2. The molecule has 1 aliphatic carbocycles. The van der Waals surface area contributed by atoms with Gasteiger partial charge in [0, 0.05) is 30.3 Å². The Morgan fingerprint density at radius 3 is 2.11 bits per heavy atom. The molecule has 2 fully saturated rings. The molecule has 0 aromatic rings. The lowest BCUT2D eigenvalue weighted by molar-refractivity contribution is -0.176. The number of nitrogens with zero attached hydrogens (tertiary/aromatic N) is 1. The minimum Gasteiger partial charge on any atom is -0.371 e. The fourth-order valence-corrected chi connectivity index (χ4v) is 4.92. The van der Waals surface area contributed by atoms with Crippen molar-refractivity contribution in [3.8, 4) is 0 Å². The molecule has 2 rings (SSSR count). The van der Waals surface area contributed by atoms with Gasteiger partial charge in [-0.1, -0.05) is 48.5 Å². The predicted molar refractivity (Wildman–Crippen MR) is 127 cm³/mol. The average Bonchev–Trinajstić information content (AvgIpc) is 2.97. The largest absolute Gasteiger partial charge is 0.471 e.